The van der Waals surface area contributed by atoms with Crippen molar-refractivity contribution >= 4 is 56.7 Å². The minimum Gasteiger partial charge on any atom is -0.456 e. The van der Waals surface area contributed by atoms with Crippen LogP contribution in [0.15, 0.2) is 138 Å². The van der Waals surface area contributed by atoms with E-state index in [1.165, 1.54) is 22.3 Å². The molecule has 59 heavy (non-hydrogen) atoms. The lowest BCUT2D eigenvalue weighted by Crippen LogP contribution is -2.18. The molecule has 0 fully saturated rings. The van der Waals surface area contributed by atoms with Crippen molar-refractivity contribution in [1.82, 2.24) is 0 Å². The van der Waals surface area contributed by atoms with Crippen LogP contribution < -0.4 is 9.80 Å². The van der Waals surface area contributed by atoms with Crippen LogP contribution in [-0.2, 0) is 21.7 Å². The molecule has 4 heteroatoms. The molecule has 1 aromatic heterocycles. The minimum atomic E-state index is -0.0851. The van der Waals surface area contributed by atoms with Gasteiger partial charge in [0.25, 0.3) is 0 Å². The van der Waals surface area contributed by atoms with E-state index in [-0.39, 0.29) is 21.7 Å². The number of fused-ring (bicyclic) bond motifs is 1. The van der Waals surface area contributed by atoms with Crippen LogP contribution >= 0.6 is 11.6 Å². The first-order valence-electron chi connectivity index (χ1n) is 21.0. The Labute approximate surface area is 358 Å². The van der Waals surface area contributed by atoms with Gasteiger partial charge in [0.15, 0.2) is 0 Å². The van der Waals surface area contributed by atoms with Crippen LogP contribution in [0.5, 0.6) is 0 Å². The average Bonchev–Trinajstić information content (AvgIpc) is 3.60. The van der Waals surface area contributed by atoms with E-state index < -0.39 is 0 Å². The third kappa shape index (κ3) is 8.73. The summed E-state index contributed by atoms with van der Waals surface area (Å²) >= 11 is 7.94. The smallest absolute Gasteiger partial charge is 0.137 e. The third-order valence-corrected chi connectivity index (χ3v) is 11.8. The van der Waals surface area contributed by atoms with Gasteiger partial charge in [-0.15, -0.1) is 0 Å². The molecular weight excluding hydrogens is 740 g/mol. The van der Waals surface area contributed by atoms with E-state index in [0.29, 0.717) is 5.02 Å². The first kappa shape index (κ1) is 41.9. The largest absolute Gasteiger partial charge is 0.456 e. The lowest BCUT2D eigenvalue weighted by molar-refractivity contribution is 0.589. The lowest BCUT2D eigenvalue weighted by atomic mass is 9.85. The second-order valence-electron chi connectivity index (χ2n) is 20.3. The highest BCUT2D eigenvalue weighted by atomic mass is 35.5. The molecule has 0 saturated carbocycles. The first-order valence-corrected chi connectivity index (χ1v) is 21.3. The van der Waals surface area contributed by atoms with Crippen molar-refractivity contribution in [2.24, 2.45) is 0 Å². The number of para-hydroxylation sites is 1. The van der Waals surface area contributed by atoms with Crippen LogP contribution in [-0.4, -0.2) is 0 Å². The fraction of sp³-hybridized carbons (Fsp3) is 0.309. The molecule has 7 aromatic rings. The standard InChI is InChI=1S/C55H61ClN2O/c1-36-32-47(57(42-25-18-38(19-26-42)52(2,3)4)43-27-20-39(21-28-43)53(5,6)7)51(56)48(33-36)58(44-29-22-40(23-30-44)54(8,9)10)46-31-24-41(55(11,12)13)35-45(46)50-34-37-16-14-15-17-49(37)59-50/h14-35H,1-13H3. The molecule has 0 amide bonds. The second kappa shape index (κ2) is 15.4. The van der Waals surface area contributed by atoms with Gasteiger partial charge in [-0.25, -0.2) is 0 Å². The van der Waals surface area contributed by atoms with Gasteiger partial charge in [-0.2, -0.15) is 0 Å². The van der Waals surface area contributed by atoms with Crippen LogP contribution in [0, 0.1) is 6.92 Å². The maximum atomic E-state index is 7.94. The Hall–Kier alpha value is -5.25. The molecule has 6 aromatic carbocycles. The predicted octanol–water partition coefficient (Wildman–Crippen LogP) is 17.2. The van der Waals surface area contributed by atoms with Gasteiger partial charge in [0.1, 0.15) is 11.3 Å². The summed E-state index contributed by atoms with van der Waals surface area (Å²) in [6.07, 6.45) is 0. The molecule has 0 spiro atoms. The molecule has 0 aliphatic carbocycles. The Morgan fingerprint density at radius 2 is 0.831 bits per heavy atom. The number of halogens is 1. The highest BCUT2D eigenvalue weighted by Gasteiger charge is 2.28. The third-order valence-electron chi connectivity index (χ3n) is 11.4. The van der Waals surface area contributed by atoms with Crippen LogP contribution in [0.1, 0.15) is 111 Å². The molecule has 0 aliphatic heterocycles. The molecule has 0 N–H and O–H groups in total. The zero-order valence-corrected chi connectivity index (χ0v) is 38.1. The fourth-order valence-corrected chi connectivity index (χ4v) is 8.01. The van der Waals surface area contributed by atoms with Crippen molar-refractivity contribution in [2.75, 3.05) is 9.80 Å². The maximum absolute atomic E-state index is 7.94. The highest BCUT2D eigenvalue weighted by molar-refractivity contribution is 6.37. The van der Waals surface area contributed by atoms with Crippen molar-refractivity contribution in [3.8, 4) is 11.3 Å². The monoisotopic (exact) mass is 800 g/mol. The quantitative estimate of drug-likeness (QED) is 0.160. The molecule has 304 valence electrons. The maximum Gasteiger partial charge on any atom is 0.137 e. The van der Waals surface area contributed by atoms with Crippen molar-refractivity contribution in [3.05, 3.63) is 166 Å². The normalized spacial score (nSPS) is 12.6. The number of furan rings is 1. The molecular formula is C55H61ClN2O. The predicted molar refractivity (Wildman–Crippen MR) is 256 cm³/mol. The number of aryl methyl sites for hydroxylation is 1. The average molecular weight is 802 g/mol. The number of hydrogen-bond acceptors (Lipinski definition) is 3. The van der Waals surface area contributed by atoms with Gasteiger partial charge in [0.2, 0.25) is 0 Å². The number of benzene rings is 6. The summed E-state index contributed by atoms with van der Waals surface area (Å²) in [7, 11) is 0. The van der Waals surface area contributed by atoms with Gasteiger partial charge in [-0.05, 0) is 129 Å². The van der Waals surface area contributed by atoms with Gasteiger partial charge >= 0.3 is 0 Å². The summed E-state index contributed by atoms with van der Waals surface area (Å²) in [4.78, 5) is 4.63. The molecule has 0 radical (unpaired) electrons. The van der Waals surface area contributed by atoms with Crippen LogP contribution in [0.3, 0.4) is 0 Å². The Bertz CT molecular complexity index is 2490. The zero-order valence-electron chi connectivity index (χ0n) is 37.4. The fourth-order valence-electron chi connectivity index (χ4n) is 7.73. The molecule has 0 bridgehead atoms. The summed E-state index contributed by atoms with van der Waals surface area (Å²) < 4.78 is 6.68. The molecule has 7 rings (SSSR count). The number of hydrogen-bond donors (Lipinski definition) is 0. The van der Waals surface area contributed by atoms with E-state index in [0.717, 1.165) is 62.0 Å². The van der Waals surface area contributed by atoms with Crippen molar-refractivity contribution < 1.29 is 4.42 Å². The second-order valence-corrected chi connectivity index (χ2v) is 20.7. The SMILES string of the molecule is Cc1cc(N(c2ccc(C(C)(C)C)cc2)c2ccc(C(C)(C)C)cc2)c(Cl)c(N(c2ccc(C(C)(C)C)cc2)c2ccc(C(C)(C)C)cc2-c2cc3ccccc3o2)c1. The van der Waals surface area contributed by atoms with Crippen LogP contribution in [0.2, 0.25) is 5.02 Å². The van der Waals surface area contributed by atoms with E-state index in [1.54, 1.807) is 0 Å². The molecule has 0 unspecified atom stereocenters. The van der Waals surface area contributed by atoms with Crippen molar-refractivity contribution in [3.63, 3.8) is 0 Å². The van der Waals surface area contributed by atoms with E-state index in [1.807, 2.05) is 12.1 Å². The molecule has 3 nitrogen and oxygen atoms in total. The summed E-state index contributed by atoms with van der Waals surface area (Å²) in [5.74, 6) is 0.812. The molecule has 0 aliphatic rings. The summed E-state index contributed by atoms with van der Waals surface area (Å²) in [6.45, 7) is 29.2. The van der Waals surface area contributed by atoms with E-state index >= 15 is 0 Å². The first-order chi connectivity index (χ1) is 27.6. The van der Waals surface area contributed by atoms with Gasteiger partial charge in [0, 0.05) is 28.0 Å². The highest BCUT2D eigenvalue weighted by Crippen LogP contribution is 2.50. The van der Waals surface area contributed by atoms with E-state index in [4.69, 9.17) is 16.0 Å². The number of anilines is 6. The topological polar surface area (TPSA) is 19.6 Å². The summed E-state index contributed by atoms with van der Waals surface area (Å²) in [5, 5.41) is 1.71. The molecule has 0 atom stereocenters. The van der Waals surface area contributed by atoms with Gasteiger partial charge in [0.05, 0.1) is 22.1 Å². The van der Waals surface area contributed by atoms with E-state index in [9.17, 15) is 0 Å². The summed E-state index contributed by atoms with van der Waals surface area (Å²) in [5.41, 5.74) is 13.8. The van der Waals surface area contributed by atoms with Gasteiger partial charge in [-0.1, -0.05) is 155 Å². The number of nitrogens with zero attached hydrogens (tertiary/aromatic N) is 2. The van der Waals surface area contributed by atoms with Crippen molar-refractivity contribution in [2.45, 2.75) is 112 Å². The van der Waals surface area contributed by atoms with Crippen LogP contribution in [0.25, 0.3) is 22.3 Å². The lowest BCUT2D eigenvalue weighted by Gasteiger charge is -2.33. The Morgan fingerprint density at radius 3 is 1.27 bits per heavy atom. The van der Waals surface area contributed by atoms with E-state index in [2.05, 4.69) is 221 Å². The minimum absolute atomic E-state index is 0.00309. The summed E-state index contributed by atoms with van der Waals surface area (Å²) in [6, 6.07) is 48.5. The van der Waals surface area contributed by atoms with Gasteiger partial charge < -0.3 is 14.2 Å². The van der Waals surface area contributed by atoms with Crippen LogP contribution in [0.4, 0.5) is 34.1 Å². The number of rotatable bonds is 7. The van der Waals surface area contributed by atoms with Crippen molar-refractivity contribution in [1.29, 1.82) is 0 Å². The van der Waals surface area contributed by atoms with Gasteiger partial charge in [-0.3, -0.25) is 0 Å². The Morgan fingerprint density at radius 1 is 0.424 bits per heavy atom. The zero-order chi connectivity index (χ0) is 42.7. The Kier molecular flexibility index (Phi) is 10.9. The molecule has 1 heterocycles. The molecule has 0 saturated heterocycles. The Balaban J connectivity index is 1.51.